The second-order valence-electron chi connectivity index (χ2n) is 5.21. The van der Waals surface area contributed by atoms with Crippen molar-refractivity contribution in [3.8, 4) is 11.5 Å². The molecule has 0 radical (unpaired) electrons. The smallest absolute Gasteiger partial charge is 0.127 e. The fourth-order valence-electron chi connectivity index (χ4n) is 1.82. The molecule has 0 bridgehead atoms. The summed E-state index contributed by atoms with van der Waals surface area (Å²) in [4.78, 5) is 0. The van der Waals surface area contributed by atoms with Gasteiger partial charge in [-0.05, 0) is 31.2 Å². The summed E-state index contributed by atoms with van der Waals surface area (Å²) >= 11 is 0. The van der Waals surface area contributed by atoms with Gasteiger partial charge >= 0.3 is 0 Å². The molecular weight excluding hydrogens is 238 g/mol. The van der Waals surface area contributed by atoms with Gasteiger partial charge in [0.2, 0.25) is 0 Å². The van der Waals surface area contributed by atoms with Gasteiger partial charge in [0.1, 0.15) is 11.5 Å². The fourth-order valence-corrected chi connectivity index (χ4v) is 1.82. The monoisotopic (exact) mass is 265 g/mol. The number of nitrogens with two attached hydrogens (primary N) is 1. The standard InChI is InChI=1S/C16H27NO2/c1-4-9-18-15-8-7-14(12-17)16(11-15)19-10-5-6-13(2)3/h7-8,11,13H,4-6,9-10,12,17H2,1-3H3. The van der Waals surface area contributed by atoms with Gasteiger partial charge in [-0.1, -0.05) is 26.8 Å². The van der Waals surface area contributed by atoms with Crippen LogP contribution in [-0.4, -0.2) is 13.2 Å². The highest BCUT2D eigenvalue weighted by atomic mass is 16.5. The number of hydrogen-bond acceptors (Lipinski definition) is 3. The topological polar surface area (TPSA) is 44.5 Å². The molecular formula is C16H27NO2. The van der Waals surface area contributed by atoms with Crippen LogP contribution in [0.2, 0.25) is 0 Å². The summed E-state index contributed by atoms with van der Waals surface area (Å²) in [6, 6.07) is 5.90. The summed E-state index contributed by atoms with van der Waals surface area (Å²) in [7, 11) is 0. The van der Waals surface area contributed by atoms with E-state index in [1.807, 2.05) is 18.2 Å². The average Bonchev–Trinajstić information content (AvgIpc) is 2.41. The molecule has 19 heavy (non-hydrogen) atoms. The van der Waals surface area contributed by atoms with Gasteiger partial charge in [0.05, 0.1) is 13.2 Å². The zero-order valence-corrected chi connectivity index (χ0v) is 12.4. The molecule has 1 rings (SSSR count). The zero-order valence-electron chi connectivity index (χ0n) is 12.4. The van der Waals surface area contributed by atoms with Crippen LogP contribution in [0.1, 0.15) is 45.6 Å². The molecule has 0 aliphatic heterocycles. The van der Waals surface area contributed by atoms with Crippen molar-refractivity contribution in [1.82, 2.24) is 0 Å². The van der Waals surface area contributed by atoms with Crippen LogP contribution in [0.15, 0.2) is 18.2 Å². The Morgan fingerprint density at radius 3 is 2.58 bits per heavy atom. The molecule has 108 valence electrons. The molecule has 0 unspecified atom stereocenters. The predicted octanol–water partition coefficient (Wildman–Crippen LogP) is 3.75. The van der Waals surface area contributed by atoms with Crippen LogP contribution >= 0.6 is 0 Å². The first-order valence-electron chi connectivity index (χ1n) is 7.26. The highest BCUT2D eigenvalue weighted by molar-refractivity contribution is 5.40. The molecule has 1 aromatic carbocycles. The third kappa shape index (κ3) is 5.97. The highest BCUT2D eigenvalue weighted by Crippen LogP contribution is 2.25. The molecule has 0 spiro atoms. The Morgan fingerprint density at radius 1 is 1.16 bits per heavy atom. The maximum Gasteiger partial charge on any atom is 0.127 e. The Hall–Kier alpha value is -1.22. The van der Waals surface area contributed by atoms with Gasteiger partial charge in [-0.3, -0.25) is 0 Å². The number of ether oxygens (including phenoxy) is 2. The van der Waals surface area contributed by atoms with Crippen molar-refractivity contribution in [2.75, 3.05) is 13.2 Å². The third-order valence-corrected chi connectivity index (χ3v) is 2.91. The third-order valence-electron chi connectivity index (χ3n) is 2.91. The Labute approximate surface area is 117 Å². The second-order valence-corrected chi connectivity index (χ2v) is 5.21. The van der Waals surface area contributed by atoms with Crippen molar-refractivity contribution >= 4 is 0 Å². The van der Waals surface area contributed by atoms with E-state index in [4.69, 9.17) is 15.2 Å². The van der Waals surface area contributed by atoms with Gasteiger partial charge in [-0.2, -0.15) is 0 Å². The van der Waals surface area contributed by atoms with Crippen molar-refractivity contribution in [1.29, 1.82) is 0 Å². The highest BCUT2D eigenvalue weighted by Gasteiger charge is 2.05. The minimum atomic E-state index is 0.494. The Kier molecular flexibility index (Phi) is 7.34. The number of rotatable bonds is 9. The summed E-state index contributed by atoms with van der Waals surface area (Å²) < 4.78 is 11.5. The van der Waals surface area contributed by atoms with E-state index in [2.05, 4.69) is 20.8 Å². The lowest BCUT2D eigenvalue weighted by Crippen LogP contribution is -2.05. The molecule has 1 aromatic rings. The van der Waals surface area contributed by atoms with Crippen LogP contribution in [0.4, 0.5) is 0 Å². The largest absolute Gasteiger partial charge is 0.493 e. The van der Waals surface area contributed by atoms with E-state index < -0.39 is 0 Å². The van der Waals surface area contributed by atoms with Crippen LogP contribution in [0, 0.1) is 5.92 Å². The SMILES string of the molecule is CCCOc1ccc(CN)c(OCCCC(C)C)c1. The van der Waals surface area contributed by atoms with Crippen molar-refractivity contribution in [3.05, 3.63) is 23.8 Å². The van der Waals surface area contributed by atoms with Crippen LogP contribution in [0.3, 0.4) is 0 Å². The molecule has 0 saturated carbocycles. The molecule has 3 heteroatoms. The summed E-state index contributed by atoms with van der Waals surface area (Å²) in [6.45, 7) is 8.51. The van der Waals surface area contributed by atoms with Crippen molar-refractivity contribution in [3.63, 3.8) is 0 Å². The van der Waals surface area contributed by atoms with E-state index in [0.717, 1.165) is 49.0 Å². The molecule has 0 amide bonds. The van der Waals surface area contributed by atoms with Crippen LogP contribution in [0.25, 0.3) is 0 Å². The Balaban J connectivity index is 2.57. The molecule has 0 heterocycles. The van der Waals surface area contributed by atoms with Crippen molar-refractivity contribution in [2.45, 2.75) is 46.6 Å². The minimum Gasteiger partial charge on any atom is -0.493 e. The first-order chi connectivity index (χ1) is 9.17. The zero-order chi connectivity index (χ0) is 14.1. The van der Waals surface area contributed by atoms with Crippen molar-refractivity contribution in [2.24, 2.45) is 11.7 Å². The summed E-state index contributed by atoms with van der Waals surface area (Å²) in [5.41, 5.74) is 6.77. The van der Waals surface area contributed by atoms with Gasteiger partial charge in [0.15, 0.2) is 0 Å². The molecule has 0 saturated heterocycles. The Bertz CT molecular complexity index is 364. The molecule has 0 atom stereocenters. The van der Waals surface area contributed by atoms with E-state index in [0.29, 0.717) is 6.54 Å². The molecule has 2 N–H and O–H groups in total. The molecule has 0 aliphatic rings. The number of benzene rings is 1. The fraction of sp³-hybridized carbons (Fsp3) is 0.625. The van der Waals surface area contributed by atoms with E-state index in [1.165, 1.54) is 6.42 Å². The summed E-state index contributed by atoms with van der Waals surface area (Å²) in [6.07, 6.45) is 3.26. The minimum absolute atomic E-state index is 0.494. The Morgan fingerprint density at radius 2 is 1.95 bits per heavy atom. The van der Waals surface area contributed by atoms with E-state index in [-0.39, 0.29) is 0 Å². The first-order valence-corrected chi connectivity index (χ1v) is 7.26. The molecule has 0 aromatic heterocycles. The van der Waals surface area contributed by atoms with E-state index in [9.17, 15) is 0 Å². The van der Waals surface area contributed by atoms with Crippen molar-refractivity contribution < 1.29 is 9.47 Å². The quantitative estimate of drug-likeness (QED) is 0.692. The predicted molar refractivity (Wildman–Crippen MR) is 79.7 cm³/mol. The molecule has 3 nitrogen and oxygen atoms in total. The van der Waals surface area contributed by atoms with Gasteiger partial charge in [-0.25, -0.2) is 0 Å². The lowest BCUT2D eigenvalue weighted by Gasteiger charge is -2.13. The average molecular weight is 265 g/mol. The lowest BCUT2D eigenvalue weighted by atomic mass is 10.1. The van der Waals surface area contributed by atoms with E-state index >= 15 is 0 Å². The molecule has 0 fully saturated rings. The number of hydrogen-bond donors (Lipinski definition) is 1. The van der Waals surface area contributed by atoms with Crippen LogP contribution in [-0.2, 0) is 6.54 Å². The van der Waals surface area contributed by atoms with Gasteiger partial charge in [0.25, 0.3) is 0 Å². The van der Waals surface area contributed by atoms with Gasteiger partial charge < -0.3 is 15.2 Å². The molecule has 0 aliphatic carbocycles. The van der Waals surface area contributed by atoms with Gasteiger partial charge in [-0.15, -0.1) is 0 Å². The van der Waals surface area contributed by atoms with Crippen LogP contribution < -0.4 is 15.2 Å². The summed E-state index contributed by atoms with van der Waals surface area (Å²) in [5, 5.41) is 0. The normalized spacial score (nSPS) is 10.8. The maximum absolute atomic E-state index is 5.84. The lowest BCUT2D eigenvalue weighted by molar-refractivity contribution is 0.287. The van der Waals surface area contributed by atoms with Gasteiger partial charge in [0, 0.05) is 18.2 Å². The van der Waals surface area contributed by atoms with Crippen LogP contribution in [0.5, 0.6) is 11.5 Å². The first kappa shape index (κ1) is 15.8. The summed E-state index contributed by atoms with van der Waals surface area (Å²) in [5.74, 6) is 2.44. The second kappa shape index (κ2) is 8.81. The maximum atomic E-state index is 5.84. The van der Waals surface area contributed by atoms with E-state index in [1.54, 1.807) is 0 Å².